The van der Waals surface area contributed by atoms with Gasteiger partial charge in [-0.05, 0) is 13.8 Å². The molecule has 0 aliphatic carbocycles. The van der Waals surface area contributed by atoms with Gasteiger partial charge in [-0.15, -0.1) is 0 Å². The van der Waals surface area contributed by atoms with E-state index in [-0.39, 0.29) is 24.5 Å². The molecule has 3 N–H and O–H groups in total. The number of carbonyl (C=O) groups is 1. The summed E-state index contributed by atoms with van der Waals surface area (Å²) in [5.41, 5.74) is 5.32. The van der Waals surface area contributed by atoms with E-state index < -0.39 is 0 Å². The number of nitrogens with one attached hydrogen (secondary N) is 1. The highest BCUT2D eigenvalue weighted by molar-refractivity contribution is 5.78. The summed E-state index contributed by atoms with van der Waals surface area (Å²) in [6.07, 6.45) is 0. The van der Waals surface area contributed by atoms with Crippen molar-refractivity contribution in [2.24, 2.45) is 5.73 Å². The highest BCUT2D eigenvalue weighted by Crippen LogP contribution is 2.08. The molecule has 1 heterocycles. The molecule has 0 aromatic heterocycles. The number of rotatable bonds is 1. The van der Waals surface area contributed by atoms with Gasteiger partial charge < -0.3 is 16.0 Å². The van der Waals surface area contributed by atoms with Crippen LogP contribution < -0.4 is 11.1 Å². The molecule has 2 unspecified atom stereocenters. The number of nitrogens with zero attached hydrogens (tertiary/aromatic N) is 1. The minimum absolute atomic E-state index is 0.0523. The van der Waals surface area contributed by atoms with E-state index in [9.17, 15) is 4.79 Å². The van der Waals surface area contributed by atoms with Gasteiger partial charge in [0, 0.05) is 25.2 Å². The second-order valence-electron chi connectivity index (χ2n) is 3.36. The first-order valence-electron chi connectivity index (χ1n) is 4.38. The van der Waals surface area contributed by atoms with Crippen LogP contribution in [-0.2, 0) is 4.79 Å². The highest BCUT2D eigenvalue weighted by atomic mass is 16.2. The van der Waals surface area contributed by atoms with Gasteiger partial charge in [0.15, 0.2) is 0 Å². The molecule has 1 aliphatic rings. The Hall–Kier alpha value is -0.610. The van der Waals surface area contributed by atoms with E-state index in [1.54, 1.807) is 0 Å². The summed E-state index contributed by atoms with van der Waals surface area (Å²) < 4.78 is 0. The number of hydrogen-bond donors (Lipinski definition) is 2. The summed E-state index contributed by atoms with van der Waals surface area (Å²) >= 11 is 0. The molecule has 1 saturated heterocycles. The predicted molar refractivity (Wildman–Crippen MR) is 47.7 cm³/mol. The van der Waals surface area contributed by atoms with Crippen molar-refractivity contribution in [3.05, 3.63) is 0 Å². The normalized spacial score (nSPS) is 30.4. The zero-order chi connectivity index (χ0) is 9.14. The van der Waals surface area contributed by atoms with Crippen LogP contribution in [-0.4, -0.2) is 42.5 Å². The lowest BCUT2D eigenvalue weighted by molar-refractivity contribution is -0.134. The van der Waals surface area contributed by atoms with Crippen molar-refractivity contribution < 1.29 is 4.79 Å². The summed E-state index contributed by atoms with van der Waals surface area (Å²) in [6, 6.07) is 0.537. The lowest BCUT2D eigenvalue weighted by atomic mass is 10.1. The maximum Gasteiger partial charge on any atom is 0.236 e. The number of piperazine rings is 1. The lowest BCUT2D eigenvalue weighted by Gasteiger charge is -2.39. The second-order valence-corrected chi connectivity index (χ2v) is 3.36. The number of amides is 1. The summed E-state index contributed by atoms with van der Waals surface area (Å²) in [4.78, 5) is 13.2. The third-order valence-electron chi connectivity index (χ3n) is 2.29. The Bertz CT molecular complexity index is 162. The van der Waals surface area contributed by atoms with E-state index in [4.69, 9.17) is 5.73 Å². The molecule has 1 aliphatic heterocycles. The van der Waals surface area contributed by atoms with Crippen LogP contribution in [0.5, 0.6) is 0 Å². The smallest absolute Gasteiger partial charge is 0.236 e. The first kappa shape index (κ1) is 9.48. The molecule has 12 heavy (non-hydrogen) atoms. The molecule has 2 atom stereocenters. The van der Waals surface area contributed by atoms with E-state index in [1.165, 1.54) is 0 Å². The Morgan fingerprint density at radius 2 is 2.00 bits per heavy atom. The summed E-state index contributed by atoms with van der Waals surface area (Å²) in [7, 11) is 0. The minimum atomic E-state index is 0.0523. The summed E-state index contributed by atoms with van der Waals surface area (Å²) in [5, 5.41) is 3.26. The molecule has 4 heteroatoms. The number of hydrogen-bond acceptors (Lipinski definition) is 3. The van der Waals surface area contributed by atoms with E-state index >= 15 is 0 Å². The Labute approximate surface area is 73.1 Å². The maximum atomic E-state index is 11.4. The second kappa shape index (κ2) is 3.87. The lowest BCUT2D eigenvalue weighted by Crippen LogP contribution is -2.58. The van der Waals surface area contributed by atoms with Gasteiger partial charge in [-0.3, -0.25) is 4.79 Å². The molecule has 70 valence electrons. The van der Waals surface area contributed by atoms with Gasteiger partial charge in [0.25, 0.3) is 0 Å². The average molecular weight is 171 g/mol. The van der Waals surface area contributed by atoms with Crippen molar-refractivity contribution in [2.75, 3.05) is 19.6 Å². The fourth-order valence-electron chi connectivity index (χ4n) is 1.73. The van der Waals surface area contributed by atoms with E-state index in [2.05, 4.69) is 5.32 Å². The fraction of sp³-hybridized carbons (Fsp3) is 0.875. The standard InChI is InChI=1S/C8H17N3O/c1-6-4-10-5-7(2)11(6)8(12)3-9/h6-7,10H,3-5,9H2,1-2H3. The molecule has 0 spiro atoms. The Balaban J connectivity index is 2.62. The van der Waals surface area contributed by atoms with Crippen molar-refractivity contribution in [1.29, 1.82) is 0 Å². The van der Waals surface area contributed by atoms with Crippen molar-refractivity contribution in [2.45, 2.75) is 25.9 Å². The van der Waals surface area contributed by atoms with Gasteiger partial charge in [0.2, 0.25) is 5.91 Å². The third kappa shape index (κ3) is 1.76. The van der Waals surface area contributed by atoms with Crippen LogP contribution >= 0.6 is 0 Å². The number of nitrogens with two attached hydrogens (primary N) is 1. The molecule has 0 aromatic carbocycles. The average Bonchev–Trinajstić information content (AvgIpc) is 2.03. The van der Waals surface area contributed by atoms with Crippen LogP contribution in [0.4, 0.5) is 0 Å². The van der Waals surface area contributed by atoms with E-state index in [1.807, 2.05) is 18.7 Å². The van der Waals surface area contributed by atoms with Crippen molar-refractivity contribution in [3.8, 4) is 0 Å². The van der Waals surface area contributed by atoms with Crippen LogP contribution in [0.2, 0.25) is 0 Å². The van der Waals surface area contributed by atoms with Gasteiger partial charge in [0.1, 0.15) is 0 Å². The van der Waals surface area contributed by atoms with Gasteiger partial charge in [-0.2, -0.15) is 0 Å². The van der Waals surface area contributed by atoms with Gasteiger partial charge in [-0.25, -0.2) is 0 Å². The Kier molecular flexibility index (Phi) is 3.05. The molecule has 1 amide bonds. The van der Waals surface area contributed by atoms with Crippen LogP contribution in [0, 0.1) is 0 Å². The predicted octanol–water partition coefficient (Wildman–Crippen LogP) is -0.846. The Morgan fingerprint density at radius 1 is 1.50 bits per heavy atom. The van der Waals surface area contributed by atoms with Gasteiger partial charge in [-0.1, -0.05) is 0 Å². The molecule has 0 radical (unpaired) electrons. The fourth-order valence-corrected chi connectivity index (χ4v) is 1.73. The molecular formula is C8H17N3O. The summed E-state index contributed by atoms with van der Waals surface area (Å²) in [5.74, 6) is 0.0523. The van der Waals surface area contributed by atoms with E-state index in [0.29, 0.717) is 0 Å². The minimum Gasteiger partial charge on any atom is -0.334 e. The van der Waals surface area contributed by atoms with Gasteiger partial charge in [0.05, 0.1) is 6.54 Å². The van der Waals surface area contributed by atoms with Crippen molar-refractivity contribution in [1.82, 2.24) is 10.2 Å². The van der Waals surface area contributed by atoms with Crippen LogP contribution in [0.25, 0.3) is 0 Å². The molecule has 0 bridgehead atoms. The van der Waals surface area contributed by atoms with Crippen LogP contribution in [0.1, 0.15) is 13.8 Å². The van der Waals surface area contributed by atoms with Crippen molar-refractivity contribution >= 4 is 5.91 Å². The first-order chi connectivity index (χ1) is 5.66. The molecule has 4 nitrogen and oxygen atoms in total. The third-order valence-corrected chi connectivity index (χ3v) is 2.29. The largest absolute Gasteiger partial charge is 0.334 e. The number of carbonyl (C=O) groups excluding carboxylic acids is 1. The molecule has 1 rings (SSSR count). The quantitative estimate of drug-likeness (QED) is 0.540. The zero-order valence-electron chi connectivity index (χ0n) is 7.71. The molecule has 1 fully saturated rings. The molecule has 0 aromatic rings. The topological polar surface area (TPSA) is 58.4 Å². The Morgan fingerprint density at radius 3 is 2.42 bits per heavy atom. The van der Waals surface area contributed by atoms with Crippen LogP contribution in [0.3, 0.4) is 0 Å². The zero-order valence-corrected chi connectivity index (χ0v) is 7.71. The maximum absolute atomic E-state index is 11.4. The molecule has 0 saturated carbocycles. The van der Waals surface area contributed by atoms with Crippen LogP contribution in [0.15, 0.2) is 0 Å². The highest BCUT2D eigenvalue weighted by Gasteiger charge is 2.27. The SMILES string of the molecule is CC1CNCC(C)N1C(=O)CN. The summed E-state index contributed by atoms with van der Waals surface area (Å²) in [6.45, 7) is 5.94. The van der Waals surface area contributed by atoms with Gasteiger partial charge >= 0.3 is 0 Å². The first-order valence-corrected chi connectivity index (χ1v) is 4.38. The monoisotopic (exact) mass is 171 g/mol. The van der Waals surface area contributed by atoms with Crippen molar-refractivity contribution in [3.63, 3.8) is 0 Å². The molecular weight excluding hydrogens is 154 g/mol. The van der Waals surface area contributed by atoms with E-state index in [0.717, 1.165) is 13.1 Å².